The molecule has 0 spiro atoms. The van der Waals surface area contributed by atoms with E-state index in [2.05, 4.69) is 25.2 Å². The second-order valence-corrected chi connectivity index (χ2v) is 7.82. The van der Waals surface area contributed by atoms with E-state index < -0.39 is 11.9 Å². The summed E-state index contributed by atoms with van der Waals surface area (Å²) in [5, 5.41) is 2.90. The Morgan fingerprint density at radius 1 is 1.09 bits per heavy atom. The average Bonchev–Trinajstić information content (AvgIpc) is 3.22. The second-order valence-electron chi connectivity index (χ2n) is 7.82. The number of aryl methyl sites for hydroxylation is 1. The number of benzene rings is 1. The van der Waals surface area contributed by atoms with Crippen LogP contribution >= 0.6 is 0 Å². The predicted molar refractivity (Wildman–Crippen MR) is 117 cm³/mol. The standard InChI is InChI=1S/C23H24F3N5O/c1-15-10-17(12-18(11-15)29-22-28-8-6-20(30-22)23(24,25)26)16-5-7-27-21(13-16)31-9-3-4-19(31)14-32-2/h5-8,10-13,19H,3-4,9,14H2,1-2H3,(H,28,29,30). The summed E-state index contributed by atoms with van der Waals surface area (Å²) in [6.45, 7) is 3.51. The van der Waals surface area contributed by atoms with E-state index in [-0.39, 0.29) is 5.95 Å². The quantitative estimate of drug-likeness (QED) is 0.563. The topological polar surface area (TPSA) is 63.2 Å². The van der Waals surface area contributed by atoms with E-state index in [4.69, 9.17) is 4.74 Å². The third-order valence-electron chi connectivity index (χ3n) is 5.39. The Labute approximate surface area is 184 Å². The second kappa shape index (κ2) is 9.12. The molecule has 2 aromatic heterocycles. The number of hydrogen-bond donors (Lipinski definition) is 1. The first-order valence-corrected chi connectivity index (χ1v) is 10.3. The van der Waals surface area contributed by atoms with Gasteiger partial charge in [-0.3, -0.25) is 0 Å². The van der Waals surface area contributed by atoms with Gasteiger partial charge in [-0.15, -0.1) is 0 Å². The highest BCUT2D eigenvalue weighted by Crippen LogP contribution is 2.31. The molecule has 3 aromatic rings. The average molecular weight is 443 g/mol. The van der Waals surface area contributed by atoms with Gasteiger partial charge in [0.1, 0.15) is 11.5 Å². The van der Waals surface area contributed by atoms with Crippen LogP contribution in [0.15, 0.2) is 48.8 Å². The molecule has 1 atom stereocenters. The number of aromatic nitrogens is 3. The van der Waals surface area contributed by atoms with Crippen molar-refractivity contribution >= 4 is 17.5 Å². The van der Waals surface area contributed by atoms with Crippen LogP contribution < -0.4 is 10.2 Å². The lowest BCUT2D eigenvalue weighted by Crippen LogP contribution is -2.33. The number of ether oxygens (including phenoxy) is 1. The Hall–Kier alpha value is -3.20. The summed E-state index contributed by atoms with van der Waals surface area (Å²) in [6.07, 6.45) is 0.500. The predicted octanol–water partition coefficient (Wildman–Crippen LogP) is 5.22. The highest BCUT2D eigenvalue weighted by Gasteiger charge is 2.32. The van der Waals surface area contributed by atoms with Gasteiger partial charge in [0.2, 0.25) is 5.95 Å². The zero-order valence-corrected chi connectivity index (χ0v) is 17.9. The highest BCUT2D eigenvalue weighted by molar-refractivity contribution is 5.72. The van der Waals surface area contributed by atoms with E-state index in [1.807, 2.05) is 37.3 Å². The van der Waals surface area contributed by atoms with E-state index in [9.17, 15) is 13.2 Å². The van der Waals surface area contributed by atoms with Gasteiger partial charge in [-0.1, -0.05) is 6.07 Å². The number of nitrogens with one attached hydrogen (secondary N) is 1. The molecule has 1 aromatic carbocycles. The number of alkyl halides is 3. The molecule has 4 rings (SSSR count). The van der Waals surface area contributed by atoms with Gasteiger partial charge >= 0.3 is 6.18 Å². The molecule has 168 valence electrons. The van der Waals surface area contributed by atoms with Gasteiger partial charge in [0, 0.05) is 31.7 Å². The molecule has 0 saturated carbocycles. The molecule has 1 fully saturated rings. The molecular formula is C23H24F3N5O. The van der Waals surface area contributed by atoms with Crippen molar-refractivity contribution in [2.75, 3.05) is 30.5 Å². The summed E-state index contributed by atoms with van der Waals surface area (Å²) in [5.41, 5.74) is 2.46. The summed E-state index contributed by atoms with van der Waals surface area (Å²) in [7, 11) is 1.70. The minimum Gasteiger partial charge on any atom is -0.383 e. The van der Waals surface area contributed by atoms with E-state index in [0.29, 0.717) is 18.3 Å². The van der Waals surface area contributed by atoms with Crippen LogP contribution in [0.3, 0.4) is 0 Å². The minimum absolute atomic E-state index is 0.105. The third kappa shape index (κ3) is 4.99. The Balaban J connectivity index is 1.61. The van der Waals surface area contributed by atoms with Crippen molar-refractivity contribution in [3.05, 3.63) is 60.0 Å². The fourth-order valence-electron chi connectivity index (χ4n) is 3.99. The zero-order valence-electron chi connectivity index (χ0n) is 17.9. The number of nitrogens with zero attached hydrogens (tertiary/aromatic N) is 4. The lowest BCUT2D eigenvalue weighted by Gasteiger charge is -2.25. The van der Waals surface area contributed by atoms with E-state index in [0.717, 1.165) is 54.2 Å². The number of halogens is 3. The largest absolute Gasteiger partial charge is 0.433 e. The molecule has 0 amide bonds. The number of anilines is 3. The summed E-state index contributed by atoms with van der Waals surface area (Å²) in [5.74, 6) is 0.783. The first-order chi connectivity index (χ1) is 15.3. The van der Waals surface area contributed by atoms with E-state index in [1.165, 1.54) is 0 Å². The first kappa shape index (κ1) is 22.0. The summed E-state index contributed by atoms with van der Waals surface area (Å²) in [6, 6.07) is 10.8. The Bertz CT molecular complexity index is 1090. The Morgan fingerprint density at radius 3 is 2.69 bits per heavy atom. The summed E-state index contributed by atoms with van der Waals surface area (Å²) >= 11 is 0. The van der Waals surface area contributed by atoms with Crippen molar-refractivity contribution in [2.24, 2.45) is 0 Å². The van der Waals surface area contributed by atoms with Crippen LogP contribution in [0.1, 0.15) is 24.1 Å². The maximum absolute atomic E-state index is 13.0. The fourth-order valence-corrected chi connectivity index (χ4v) is 3.99. The van der Waals surface area contributed by atoms with Gasteiger partial charge in [0.05, 0.1) is 12.6 Å². The molecule has 3 heterocycles. The molecule has 32 heavy (non-hydrogen) atoms. The maximum Gasteiger partial charge on any atom is 0.433 e. The lowest BCUT2D eigenvalue weighted by atomic mass is 10.0. The lowest BCUT2D eigenvalue weighted by molar-refractivity contribution is -0.141. The monoisotopic (exact) mass is 443 g/mol. The van der Waals surface area contributed by atoms with Gasteiger partial charge in [0.15, 0.2) is 0 Å². The molecule has 1 unspecified atom stereocenters. The molecule has 6 nitrogen and oxygen atoms in total. The van der Waals surface area contributed by atoms with Crippen molar-refractivity contribution in [3.63, 3.8) is 0 Å². The zero-order chi connectivity index (χ0) is 22.7. The van der Waals surface area contributed by atoms with Crippen molar-refractivity contribution < 1.29 is 17.9 Å². The summed E-state index contributed by atoms with van der Waals surface area (Å²) < 4.78 is 44.2. The molecule has 1 saturated heterocycles. The maximum atomic E-state index is 13.0. The molecule has 1 N–H and O–H groups in total. The van der Waals surface area contributed by atoms with Crippen LogP contribution in [0.5, 0.6) is 0 Å². The summed E-state index contributed by atoms with van der Waals surface area (Å²) in [4.78, 5) is 14.3. The minimum atomic E-state index is -4.53. The van der Waals surface area contributed by atoms with Crippen LogP contribution in [-0.2, 0) is 10.9 Å². The number of hydrogen-bond acceptors (Lipinski definition) is 6. The van der Waals surface area contributed by atoms with Crippen molar-refractivity contribution in [2.45, 2.75) is 32.0 Å². The van der Waals surface area contributed by atoms with Gasteiger partial charge < -0.3 is 15.0 Å². The van der Waals surface area contributed by atoms with Crippen molar-refractivity contribution in [1.29, 1.82) is 0 Å². The molecule has 0 radical (unpaired) electrons. The highest BCUT2D eigenvalue weighted by atomic mass is 19.4. The normalized spacial score (nSPS) is 16.4. The van der Waals surface area contributed by atoms with Crippen LogP contribution in [0.2, 0.25) is 0 Å². The van der Waals surface area contributed by atoms with E-state index >= 15 is 0 Å². The van der Waals surface area contributed by atoms with Gasteiger partial charge in [-0.05, 0) is 66.8 Å². The number of methoxy groups -OCH3 is 1. The third-order valence-corrected chi connectivity index (χ3v) is 5.39. The van der Waals surface area contributed by atoms with Crippen molar-refractivity contribution in [1.82, 2.24) is 15.0 Å². The smallest absolute Gasteiger partial charge is 0.383 e. The molecular weight excluding hydrogens is 419 g/mol. The Kier molecular flexibility index (Phi) is 6.27. The van der Waals surface area contributed by atoms with Crippen molar-refractivity contribution in [3.8, 4) is 11.1 Å². The molecule has 0 aliphatic carbocycles. The SMILES string of the molecule is COCC1CCCN1c1cc(-c2cc(C)cc(Nc3nccc(C(F)(F)F)n3)c2)ccn1. The van der Waals surface area contributed by atoms with Crippen LogP contribution in [0, 0.1) is 6.92 Å². The number of pyridine rings is 1. The van der Waals surface area contributed by atoms with Gasteiger partial charge in [0.25, 0.3) is 0 Å². The van der Waals surface area contributed by atoms with Crippen LogP contribution in [-0.4, -0.2) is 41.3 Å². The van der Waals surface area contributed by atoms with Gasteiger partial charge in [-0.25, -0.2) is 15.0 Å². The van der Waals surface area contributed by atoms with E-state index in [1.54, 1.807) is 13.3 Å². The molecule has 1 aliphatic heterocycles. The van der Waals surface area contributed by atoms with Gasteiger partial charge in [-0.2, -0.15) is 13.2 Å². The van der Waals surface area contributed by atoms with Crippen LogP contribution in [0.25, 0.3) is 11.1 Å². The molecule has 9 heteroatoms. The molecule has 1 aliphatic rings. The van der Waals surface area contributed by atoms with Crippen LogP contribution in [0.4, 0.5) is 30.6 Å². The first-order valence-electron chi connectivity index (χ1n) is 10.3. The molecule has 0 bridgehead atoms. The number of rotatable bonds is 6. The Morgan fingerprint density at radius 2 is 1.91 bits per heavy atom. The fraction of sp³-hybridized carbons (Fsp3) is 0.348.